The van der Waals surface area contributed by atoms with Gasteiger partial charge in [-0.05, 0) is 25.1 Å². The standard InChI is InChI=1S/C12H19N3O3S/c1-8(7-19(3,17)18)15-11-6-9(12(16)14-2)4-5-10(11)13/h4-6,8,15H,7,13H2,1-3H3,(H,14,16). The second kappa shape index (κ2) is 5.92. The van der Waals surface area contributed by atoms with E-state index in [-0.39, 0.29) is 17.7 Å². The SMILES string of the molecule is CNC(=O)c1ccc(N)c(NC(C)CS(C)(=O)=O)c1. The fourth-order valence-electron chi connectivity index (χ4n) is 1.73. The Balaban J connectivity index is 2.91. The van der Waals surface area contributed by atoms with Crippen LogP contribution in [-0.4, -0.2) is 39.4 Å². The molecule has 0 aliphatic rings. The first-order chi connectivity index (χ1) is 8.73. The molecule has 0 aromatic heterocycles. The number of nitrogen functional groups attached to an aromatic ring is 1. The zero-order valence-electron chi connectivity index (χ0n) is 11.2. The first-order valence-corrected chi connectivity index (χ1v) is 7.85. The highest BCUT2D eigenvalue weighted by Gasteiger charge is 2.13. The van der Waals surface area contributed by atoms with Gasteiger partial charge in [-0.2, -0.15) is 0 Å². The van der Waals surface area contributed by atoms with E-state index < -0.39 is 9.84 Å². The van der Waals surface area contributed by atoms with Crippen LogP contribution in [-0.2, 0) is 9.84 Å². The number of benzene rings is 1. The molecule has 1 aromatic carbocycles. The van der Waals surface area contributed by atoms with E-state index in [4.69, 9.17) is 5.73 Å². The lowest BCUT2D eigenvalue weighted by molar-refractivity contribution is 0.0963. The largest absolute Gasteiger partial charge is 0.397 e. The maximum Gasteiger partial charge on any atom is 0.251 e. The highest BCUT2D eigenvalue weighted by atomic mass is 32.2. The Hall–Kier alpha value is -1.76. The molecule has 4 N–H and O–H groups in total. The monoisotopic (exact) mass is 285 g/mol. The van der Waals surface area contributed by atoms with Crippen LogP contribution in [0.15, 0.2) is 18.2 Å². The Bertz CT molecular complexity index is 570. The van der Waals surface area contributed by atoms with Crippen LogP contribution in [0.3, 0.4) is 0 Å². The Kier molecular flexibility index (Phi) is 4.77. The molecule has 0 saturated heterocycles. The topological polar surface area (TPSA) is 101 Å². The molecule has 7 heteroatoms. The molecule has 19 heavy (non-hydrogen) atoms. The van der Waals surface area contributed by atoms with Crippen LogP contribution in [0.25, 0.3) is 0 Å². The average molecular weight is 285 g/mol. The van der Waals surface area contributed by atoms with E-state index in [1.807, 2.05) is 0 Å². The smallest absolute Gasteiger partial charge is 0.251 e. The summed E-state index contributed by atoms with van der Waals surface area (Å²) in [6, 6.07) is 4.53. The first kappa shape index (κ1) is 15.3. The molecule has 1 amide bonds. The van der Waals surface area contributed by atoms with Crippen molar-refractivity contribution in [2.75, 3.05) is 30.1 Å². The van der Waals surface area contributed by atoms with Gasteiger partial charge in [0.25, 0.3) is 5.91 Å². The molecule has 0 saturated carbocycles. The van der Waals surface area contributed by atoms with Gasteiger partial charge in [0.1, 0.15) is 9.84 Å². The molecule has 0 heterocycles. The summed E-state index contributed by atoms with van der Waals surface area (Å²) in [4.78, 5) is 11.5. The number of nitrogens with one attached hydrogen (secondary N) is 2. The van der Waals surface area contributed by atoms with Gasteiger partial charge >= 0.3 is 0 Å². The summed E-state index contributed by atoms with van der Waals surface area (Å²) in [6.45, 7) is 1.74. The Morgan fingerprint density at radius 3 is 2.58 bits per heavy atom. The summed E-state index contributed by atoms with van der Waals surface area (Å²) in [6.07, 6.45) is 1.18. The molecule has 0 aliphatic carbocycles. The van der Waals surface area contributed by atoms with Crippen LogP contribution in [0.1, 0.15) is 17.3 Å². The third-order valence-electron chi connectivity index (χ3n) is 2.50. The van der Waals surface area contributed by atoms with Gasteiger partial charge in [0.2, 0.25) is 0 Å². The van der Waals surface area contributed by atoms with Crippen LogP contribution in [0.2, 0.25) is 0 Å². The number of sulfone groups is 1. The van der Waals surface area contributed by atoms with E-state index in [1.165, 1.54) is 13.3 Å². The molecule has 1 rings (SSSR count). The van der Waals surface area contributed by atoms with Gasteiger partial charge in [-0.25, -0.2) is 8.42 Å². The van der Waals surface area contributed by atoms with Crippen molar-refractivity contribution in [2.45, 2.75) is 13.0 Å². The average Bonchev–Trinajstić information content (AvgIpc) is 2.28. The van der Waals surface area contributed by atoms with Crippen LogP contribution in [0.4, 0.5) is 11.4 Å². The second-order valence-electron chi connectivity index (χ2n) is 4.52. The van der Waals surface area contributed by atoms with Crippen LogP contribution in [0, 0.1) is 0 Å². The summed E-state index contributed by atoms with van der Waals surface area (Å²) < 4.78 is 22.4. The molecule has 0 bridgehead atoms. The van der Waals surface area contributed by atoms with E-state index in [9.17, 15) is 13.2 Å². The van der Waals surface area contributed by atoms with Gasteiger partial charge < -0.3 is 16.4 Å². The lowest BCUT2D eigenvalue weighted by Crippen LogP contribution is -2.26. The second-order valence-corrected chi connectivity index (χ2v) is 6.70. The predicted molar refractivity (Wildman–Crippen MR) is 77.0 cm³/mol. The Morgan fingerprint density at radius 1 is 1.42 bits per heavy atom. The molecule has 0 aliphatic heterocycles. The normalized spacial score (nSPS) is 12.8. The Labute approximate surface area is 113 Å². The molecular formula is C12H19N3O3S. The minimum atomic E-state index is -3.07. The highest BCUT2D eigenvalue weighted by Crippen LogP contribution is 2.21. The van der Waals surface area contributed by atoms with Gasteiger partial charge in [0.05, 0.1) is 17.1 Å². The molecule has 1 unspecified atom stereocenters. The fraction of sp³-hybridized carbons (Fsp3) is 0.417. The first-order valence-electron chi connectivity index (χ1n) is 5.79. The van der Waals surface area contributed by atoms with E-state index >= 15 is 0 Å². The van der Waals surface area contributed by atoms with Crippen molar-refractivity contribution < 1.29 is 13.2 Å². The minimum Gasteiger partial charge on any atom is -0.397 e. The molecule has 1 atom stereocenters. The summed E-state index contributed by atoms with van der Waals surface area (Å²) in [5.41, 5.74) is 7.28. The maximum atomic E-state index is 11.5. The summed E-state index contributed by atoms with van der Waals surface area (Å²) in [7, 11) is -1.53. The number of rotatable bonds is 5. The van der Waals surface area contributed by atoms with Gasteiger partial charge in [-0.1, -0.05) is 0 Å². The lowest BCUT2D eigenvalue weighted by Gasteiger charge is -2.16. The summed E-state index contributed by atoms with van der Waals surface area (Å²) in [5.74, 6) is -0.227. The van der Waals surface area contributed by atoms with Crippen molar-refractivity contribution in [3.05, 3.63) is 23.8 Å². The number of hydrogen-bond acceptors (Lipinski definition) is 5. The molecule has 0 spiro atoms. The van der Waals surface area contributed by atoms with Crippen molar-refractivity contribution in [3.8, 4) is 0 Å². The van der Waals surface area contributed by atoms with E-state index in [1.54, 1.807) is 25.1 Å². The van der Waals surface area contributed by atoms with Crippen molar-refractivity contribution in [2.24, 2.45) is 0 Å². The molecule has 6 nitrogen and oxygen atoms in total. The van der Waals surface area contributed by atoms with E-state index in [0.717, 1.165) is 0 Å². The fourth-order valence-corrected chi connectivity index (χ4v) is 2.72. The van der Waals surface area contributed by atoms with E-state index in [2.05, 4.69) is 10.6 Å². The number of nitrogens with two attached hydrogens (primary N) is 1. The number of carbonyl (C=O) groups excluding carboxylic acids is 1. The van der Waals surface area contributed by atoms with Gasteiger partial charge in [-0.3, -0.25) is 4.79 Å². The maximum absolute atomic E-state index is 11.5. The zero-order chi connectivity index (χ0) is 14.6. The van der Waals surface area contributed by atoms with E-state index in [0.29, 0.717) is 16.9 Å². The number of carbonyl (C=O) groups is 1. The minimum absolute atomic E-state index is 0.00333. The number of anilines is 2. The third-order valence-corrected chi connectivity index (χ3v) is 3.60. The molecule has 0 radical (unpaired) electrons. The number of amides is 1. The van der Waals surface area contributed by atoms with Crippen molar-refractivity contribution in [1.82, 2.24) is 5.32 Å². The third kappa shape index (κ3) is 4.78. The van der Waals surface area contributed by atoms with Gasteiger partial charge in [0, 0.05) is 24.9 Å². The summed E-state index contributed by atoms with van der Waals surface area (Å²) in [5, 5.41) is 5.52. The van der Waals surface area contributed by atoms with Crippen LogP contribution in [0.5, 0.6) is 0 Å². The quantitative estimate of drug-likeness (QED) is 0.683. The van der Waals surface area contributed by atoms with Crippen molar-refractivity contribution >= 4 is 27.1 Å². The van der Waals surface area contributed by atoms with Crippen molar-refractivity contribution in [1.29, 1.82) is 0 Å². The van der Waals surface area contributed by atoms with Crippen LogP contribution < -0.4 is 16.4 Å². The lowest BCUT2D eigenvalue weighted by atomic mass is 10.1. The van der Waals surface area contributed by atoms with Gasteiger partial charge in [0.15, 0.2) is 0 Å². The molecular weight excluding hydrogens is 266 g/mol. The Morgan fingerprint density at radius 2 is 2.05 bits per heavy atom. The highest BCUT2D eigenvalue weighted by molar-refractivity contribution is 7.90. The predicted octanol–water partition coefficient (Wildman–Crippen LogP) is 0.473. The molecule has 0 fully saturated rings. The molecule has 106 valence electrons. The van der Waals surface area contributed by atoms with Crippen LogP contribution >= 0.6 is 0 Å². The molecule has 1 aromatic rings. The zero-order valence-corrected chi connectivity index (χ0v) is 12.0. The summed E-state index contributed by atoms with van der Waals surface area (Å²) >= 11 is 0. The van der Waals surface area contributed by atoms with Crippen molar-refractivity contribution in [3.63, 3.8) is 0 Å². The van der Waals surface area contributed by atoms with Gasteiger partial charge in [-0.15, -0.1) is 0 Å². The number of hydrogen-bond donors (Lipinski definition) is 3.